The number of hydrogen-bond acceptors (Lipinski definition) is 4. The van der Waals surface area contributed by atoms with Gasteiger partial charge >= 0.3 is 0 Å². The number of nitrogens with zero attached hydrogens (tertiary/aromatic N) is 3. The largest absolute Gasteiger partial charge is 0.381 e. The van der Waals surface area contributed by atoms with Crippen molar-refractivity contribution in [1.29, 1.82) is 0 Å². The third kappa shape index (κ3) is 2.89. The Labute approximate surface area is 146 Å². The summed E-state index contributed by atoms with van der Waals surface area (Å²) in [6.45, 7) is 5.37. The summed E-state index contributed by atoms with van der Waals surface area (Å²) in [5.74, 6) is 1.82. The first-order chi connectivity index (χ1) is 11.7. The van der Waals surface area contributed by atoms with Crippen molar-refractivity contribution in [1.82, 2.24) is 14.5 Å². The molecule has 2 aromatic rings. The third-order valence-corrected chi connectivity index (χ3v) is 5.86. The van der Waals surface area contributed by atoms with E-state index >= 15 is 0 Å². The molecule has 128 valence electrons. The van der Waals surface area contributed by atoms with E-state index in [9.17, 15) is 4.79 Å². The lowest BCUT2D eigenvalue weighted by Gasteiger charge is -2.26. The van der Waals surface area contributed by atoms with Gasteiger partial charge in [0.25, 0.3) is 5.91 Å². The third-order valence-electron chi connectivity index (χ3n) is 5.18. The summed E-state index contributed by atoms with van der Waals surface area (Å²) in [5.41, 5.74) is 2.01. The van der Waals surface area contributed by atoms with Gasteiger partial charge in [-0.05, 0) is 37.6 Å². The van der Waals surface area contributed by atoms with Crippen LogP contribution in [0.3, 0.4) is 0 Å². The van der Waals surface area contributed by atoms with E-state index in [0.29, 0.717) is 12.0 Å². The maximum absolute atomic E-state index is 12.6. The van der Waals surface area contributed by atoms with Crippen LogP contribution in [0.2, 0.25) is 0 Å². The molecule has 2 aromatic heterocycles. The predicted molar refractivity (Wildman–Crippen MR) is 93.6 cm³/mol. The topological polar surface area (TPSA) is 47.4 Å². The summed E-state index contributed by atoms with van der Waals surface area (Å²) in [5, 5.41) is 3.90. The van der Waals surface area contributed by atoms with Gasteiger partial charge in [0.1, 0.15) is 5.82 Å². The number of aromatic nitrogens is 2. The van der Waals surface area contributed by atoms with E-state index in [2.05, 4.69) is 11.5 Å². The summed E-state index contributed by atoms with van der Waals surface area (Å²) in [6, 6.07) is 2.25. The maximum atomic E-state index is 12.6. The van der Waals surface area contributed by atoms with Crippen molar-refractivity contribution in [2.24, 2.45) is 0 Å². The Kier molecular flexibility index (Phi) is 4.41. The number of ether oxygens (including phenoxy) is 1. The van der Waals surface area contributed by atoms with Gasteiger partial charge in [0.15, 0.2) is 0 Å². The number of rotatable bonds is 3. The van der Waals surface area contributed by atoms with Crippen molar-refractivity contribution in [3.05, 3.63) is 40.1 Å². The van der Waals surface area contributed by atoms with Gasteiger partial charge in [-0.25, -0.2) is 4.98 Å². The fraction of sp³-hybridized carbons (Fsp3) is 0.556. The smallest absolute Gasteiger partial charge is 0.254 e. The van der Waals surface area contributed by atoms with Crippen LogP contribution in [0.4, 0.5) is 0 Å². The maximum Gasteiger partial charge on any atom is 0.254 e. The van der Waals surface area contributed by atoms with E-state index in [1.807, 2.05) is 27.9 Å². The highest BCUT2D eigenvalue weighted by Gasteiger charge is 2.32. The van der Waals surface area contributed by atoms with Crippen LogP contribution in [0.25, 0.3) is 0 Å². The Morgan fingerprint density at radius 2 is 2.17 bits per heavy atom. The van der Waals surface area contributed by atoms with Crippen molar-refractivity contribution in [3.63, 3.8) is 0 Å². The number of aryl methyl sites for hydroxylation is 1. The zero-order chi connectivity index (χ0) is 16.5. The lowest BCUT2D eigenvalue weighted by molar-refractivity contribution is 0.0784. The summed E-state index contributed by atoms with van der Waals surface area (Å²) >= 11 is 1.57. The molecule has 0 radical (unpaired) electrons. The zero-order valence-corrected chi connectivity index (χ0v) is 14.8. The lowest BCUT2D eigenvalue weighted by atomic mass is 9.99. The number of hydrogen-bond donors (Lipinski definition) is 0. The molecule has 2 aliphatic heterocycles. The number of thiophene rings is 1. The number of likely N-dealkylation sites (tertiary alicyclic amines) is 1. The minimum atomic E-state index is 0.157. The molecule has 0 saturated carbocycles. The molecular formula is C18H23N3O2S. The summed E-state index contributed by atoms with van der Waals surface area (Å²) in [7, 11) is 0. The van der Waals surface area contributed by atoms with Crippen molar-refractivity contribution in [3.8, 4) is 0 Å². The van der Waals surface area contributed by atoms with E-state index in [0.717, 1.165) is 51.1 Å². The lowest BCUT2D eigenvalue weighted by Crippen LogP contribution is -2.29. The van der Waals surface area contributed by atoms with Crippen molar-refractivity contribution < 1.29 is 9.53 Å². The standard InChI is InChI=1S/C18H23N3O2S/c1-13-10-19-17(14-3-7-23-8-4-14)21(13)16-2-6-20(11-16)18(22)15-5-9-24-12-15/h5,9-10,12,14,16H,2-4,6-8,11H2,1H3. The molecular weight excluding hydrogens is 322 g/mol. The normalized spacial score (nSPS) is 22.2. The number of carbonyl (C=O) groups is 1. The summed E-state index contributed by atoms with van der Waals surface area (Å²) in [4.78, 5) is 19.3. The summed E-state index contributed by atoms with van der Waals surface area (Å²) < 4.78 is 7.88. The van der Waals surface area contributed by atoms with Gasteiger partial charge in [-0.2, -0.15) is 11.3 Å². The highest BCUT2D eigenvalue weighted by Crippen LogP contribution is 2.32. The zero-order valence-electron chi connectivity index (χ0n) is 14.0. The van der Waals surface area contributed by atoms with Crippen LogP contribution >= 0.6 is 11.3 Å². The first-order valence-electron chi connectivity index (χ1n) is 8.67. The molecule has 4 rings (SSSR count). The molecule has 2 fully saturated rings. The predicted octanol–water partition coefficient (Wildman–Crippen LogP) is 3.23. The van der Waals surface area contributed by atoms with Crippen LogP contribution in [0.5, 0.6) is 0 Å². The molecule has 2 saturated heterocycles. The molecule has 2 aliphatic rings. The van der Waals surface area contributed by atoms with Gasteiger partial charge in [-0.1, -0.05) is 0 Å². The van der Waals surface area contributed by atoms with Gasteiger partial charge in [0.2, 0.25) is 0 Å². The Hall–Kier alpha value is -1.66. The van der Waals surface area contributed by atoms with Crippen LogP contribution < -0.4 is 0 Å². The van der Waals surface area contributed by atoms with E-state index < -0.39 is 0 Å². The van der Waals surface area contributed by atoms with Crippen molar-refractivity contribution in [2.75, 3.05) is 26.3 Å². The van der Waals surface area contributed by atoms with Crippen LogP contribution in [0, 0.1) is 6.92 Å². The van der Waals surface area contributed by atoms with Gasteiger partial charge in [-0.3, -0.25) is 4.79 Å². The fourth-order valence-corrected chi connectivity index (χ4v) is 4.53. The quantitative estimate of drug-likeness (QED) is 0.858. The molecule has 1 amide bonds. The summed E-state index contributed by atoms with van der Waals surface area (Å²) in [6.07, 6.45) is 5.07. The molecule has 1 unspecified atom stereocenters. The van der Waals surface area contributed by atoms with E-state index in [4.69, 9.17) is 9.72 Å². The van der Waals surface area contributed by atoms with E-state index in [1.165, 1.54) is 11.5 Å². The second kappa shape index (κ2) is 6.69. The van der Waals surface area contributed by atoms with Gasteiger partial charge in [0.05, 0.1) is 11.6 Å². The molecule has 5 nitrogen and oxygen atoms in total. The van der Waals surface area contributed by atoms with Crippen LogP contribution in [0.1, 0.15) is 53.1 Å². The Bertz CT molecular complexity index is 704. The van der Waals surface area contributed by atoms with E-state index in [1.54, 1.807) is 11.3 Å². The van der Waals surface area contributed by atoms with Crippen molar-refractivity contribution >= 4 is 17.2 Å². The second-order valence-electron chi connectivity index (χ2n) is 6.72. The average molecular weight is 345 g/mol. The minimum Gasteiger partial charge on any atom is -0.381 e. The van der Waals surface area contributed by atoms with Gasteiger partial charge < -0.3 is 14.2 Å². The first-order valence-corrected chi connectivity index (χ1v) is 9.61. The molecule has 0 aliphatic carbocycles. The molecule has 0 N–H and O–H groups in total. The van der Waals surface area contributed by atoms with Crippen LogP contribution in [-0.4, -0.2) is 46.7 Å². The Balaban J connectivity index is 1.53. The minimum absolute atomic E-state index is 0.157. The monoisotopic (exact) mass is 345 g/mol. The van der Waals surface area contributed by atoms with Crippen LogP contribution in [-0.2, 0) is 4.74 Å². The van der Waals surface area contributed by atoms with Gasteiger partial charge in [-0.15, -0.1) is 0 Å². The Morgan fingerprint density at radius 1 is 1.33 bits per heavy atom. The highest BCUT2D eigenvalue weighted by molar-refractivity contribution is 7.08. The van der Waals surface area contributed by atoms with E-state index in [-0.39, 0.29) is 5.91 Å². The number of imidazole rings is 1. The molecule has 24 heavy (non-hydrogen) atoms. The second-order valence-corrected chi connectivity index (χ2v) is 7.50. The highest BCUT2D eigenvalue weighted by atomic mass is 32.1. The molecule has 6 heteroatoms. The SMILES string of the molecule is Cc1cnc(C2CCOCC2)n1C1CCN(C(=O)c2ccsc2)C1. The first kappa shape index (κ1) is 15.8. The number of amides is 1. The fourth-order valence-electron chi connectivity index (χ4n) is 3.90. The molecule has 0 aromatic carbocycles. The number of carbonyl (C=O) groups excluding carboxylic acids is 1. The molecule has 0 spiro atoms. The van der Waals surface area contributed by atoms with Crippen LogP contribution in [0.15, 0.2) is 23.0 Å². The molecule has 1 atom stereocenters. The van der Waals surface area contributed by atoms with Crippen molar-refractivity contribution in [2.45, 2.75) is 38.1 Å². The Morgan fingerprint density at radius 3 is 2.92 bits per heavy atom. The van der Waals surface area contributed by atoms with Gasteiger partial charge in [0, 0.05) is 49.5 Å². The molecule has 4 heterocycles. The average Bonchev–Trinajstić information content (AvgIpc) is 3.35. The molecule has 0 bridgehead atoms.